The predicted octanol–water partition coefficient (Wildman–Crippen LogP) is 5.74. The summed E-state index contributed by atoms with van der Waals surface area (Å²) in [6.07, 6.45) is -0.405. The summed E-state index contributed by atoms with van der Waals surface area (Å²) in [5, 5.41) is 5.76. The number of aromatic nitrogens is 1. The van der Waals surface area contributed by atoms with Crippen molar-refractivity contribution < 1.29 is 9.53 Å². The third kappa shape index (κ3) is 4.10. The molecule has 1 amide bonds. The second kappa shape index (κ2) is 6.89. The van der Waals surface area contributed by atoms with Crippen LogP contribution in [-0.2, 0) is 11.3 Å². The Kier molecular flexibility index (Phi) is 4.98. The summed E-state index contributed by atoms with van der Waals surface area (Å²) in [7, 11) is 0. The molecule has 1 aromatic heterocycles. The molecule has 0 aliphatic rings. The molecule has 0 aliphatic carbocycles. The monoisotopic (exact) mass is 422 g/mol. The van der Waals surface area contributed by atoms with Gasteiger partial charge in [0.15, 0.2) is 0 Å². The Morgan fingerprint density at radius 2 is 1.92 bits per heavy atom. The van der Waals surface area contributed by atoms with Crippen LogP contribution >= 0.6 is 27.5 Å². The number of hydrogen-bond acceptors (Lipinski definition) is 2. The zero-order valence-electron chi connectivity index (χ0n) is 14.4. The van der Waals surface area contributed by atoms with Crippen LogP contribution in [-0.4, -0.2) is 22.8 Å². The molecule has 0 saturated heterocycles. The number of nitrogens with zero attached hydrogens (tertiary/aromatic N) is 1. The van der Waals surface area contributed by atoms with Crippen LogP contribution in [0.1, 0.15) is 20.8 Å². The fourth-order valence-corrected chi connectivity index (χ4v) is 3.39. The summed E-state index contributed by atoms with van der Waals surface area (Å²) in [4.78, 5) is 11.8. The number of ether oxygens (including phenoxy) is 1. The van der Waals surface area contributed by atoms with E-state index in [1.54, 1.807) is 0 Å². The molecule has 0 atom stereocenters. The second-order valence-electron chi connectivity index (χ2n) is 6.90. The summed E-state index contributed by atoms with van der Waals surface area (Å²) in [6, 6.07) is 12.1. The molecule has 0 bridgehead atoms. The van der Waals surface area contributed by atoms with Gasteiger partial charge in [0.25, 0.3) is 0 Å². The molecule has 3 aromatic rings. The Hall–Kier alpha value is -1.72. The highest BCUT2D eigenvalue weighted by Crippen LogP contribution is 2.32. The number of rotatable bonds is 3. The van der Waals surface area contributed by atoms with Crippen molar-refractivity contribution >= 4 is 55.4 Å². The molecule has 0 aliphatic heterocycles. The molecule has 25 heavy (non-hydrogen) atoms. The maximum absolute atomic E-state index is 11.8. The molecule has 0 saturated carbocycles. The second-order valence-corrected chi connectivity index (χ2v) is 8.26. The number of benzene rings is 2. The number of nitrogens with one attached hydrogen (secondary N) is 1. The summed E-state index contributed by atoms with van der Waals surface area (Å²) in [5.41, 5.74) is 1.68. The molecule has 3 rings (SSSR count). The van der Waals surface area contributed by atoms with Gasteiger partial charge < -0.3 is 14.6 Å². The van der Waals surface area contributed by atoms with Gasteiger partial charge in [0, 0.05) is 38.9 Å². The maximum atomic E-state index is 11.8. The van der Waals surface area contributed by atoms with Gasteiger partial charge in [0.1, 0.15) is 5.60 Å². The lowest BCUT2D eigenvalue weighted by atomic mass is 10.1. The molecular weight excluding hydrogens is 404 g/mol. The van der Waals surface area contributed by atoms with Crippen molar-refractivity contribution in [3.63, 3.8) is 0 Å². The van der Waals surface area contributed by atoms with Crippen LogP contribution in [0, 0.1) is 0 Å². The first-order valence-electron chi connectivity index (χ1n) is 8.08. The zero-order chi connectivity index (χ0) is 18.2. The summed E-state index contributed by atoms with van der Waals surface area (Å²) < 4.78 is 8.48. The molecule has 6 heteroatoms. The van der Waals surface area contributed by atoms with E-state index in [1.165, 1.54) is 0 Å². The number of fused-ring (bicyclic) bond motifs is 3. The van der Waals surface area contributed by atoms with E-state index < -0.39 is 11.7 Å². The summed E-state index contributed by atoms with van der Waals surface area (Å²) >= 11 is 9.71. The summed E-state index contributed by atoms with van der Waals surface area (Å²) in [5.74, 6) is 0. The van der Waals surface area contributed by atoms with Crippen molar-refractivity contribution in [3.8, 4) is 0 Å². The van der Waals surface area contributed by atoms with Crippen molar-refractivity contribution in [2.75, 3.05) is 6.54 Å². The summed E-state index contributed by atoms with van der Waals surface area (Å²) in [6.45, 7) is 6.66. The van der Waals surface area contributed by atoms with Crippen LogP contribution < -0.4 is 5.32 Å². The Balaban J connectivity index is 1.89. The van der Waals surface area contributed by atoms with Gasteiger partial charge in [-0.1, -0.05) is 33.6 Å². The van der Waals surface area contributed by atoms with Gasteiger partial charge in [0.05, 0.1) is 5.52 Å². The van der Waals surface area contributed by atoms with Gasteiger partial charge in [0.2, 0.25) is 0 Å². The fraction of sp³-hybridized carbons (Fsp3) is 0.316. The van der Waals surface area contributed by atoms with Gasteiger partial charge in [-0.2, -0.15) is 0 Å². The highest BCUT2D eigenvalue weighted by atomic mass is 79.9. The van der Waals surface area contributed by atoms with Crippen LogP contribution in [0.4, 0.5) is 4.79 Å². The number of amides is 1. The van der Waals surface area contributed by atoms with Crippen LogP contribution in [0.2, 0.25) is 5.02 Å². The quantitative estimate of drug-likeness (QED) is 0.584. The number of carbonyl (C=O) groups excluding carboxylic acids is 1. The Bertz CT molecular complexity index is 944. The number of carbonyl (C=O) groups is 1. The van der Waals surface area contributed by atoms with Crippen molar-refractivity contribution in [2.24, 2.45) is 0 Å². The van der Waals surface area contributed by atoms with Crippen LogP contribution in [0.3, 0.4) is 0 Å². The first kappa shape index (κ1) is 18.1. The highest BCUT2D eigenvalue weighted by Gasteiger charge is 2.16. The van der Waals surface area contributed by atoms with E-state index in [9.17, 15) is 4.79 Å². The van der Waals surface area contributed by atoms with E-state index >= 15 is 0 Å². The SMILES string of the molecule is CC(C)(C)OC(=O)NCCn1c2ccc(Cl)cc2c2ccc(Br)cc21. The zero-order valence-corrected chi connectivity index (χ0v) is 16.7. The van der Waals surface area contributed by atoms with E-state index in [4.69, 9.17) is 16.3 Å². The predicted molar refractivity (Wildman–Crippen MR) is 106 cm³/mol. The van der Waals surface area contributed by atoms with E-state index in [0.29, 0.717) is 18.1 Å². The molecular formula is C19H20BrClN2O2. The van der Waals surface area contributed by atoms with Gasteiger partial charge in [-0.05, 0) is 51.1 Å². The molecule has 4 nitrogen and oxygen atoms in total. The average molecular weight is 424 g/mol. The largest absolute Gasteiger partial charge is 0.444 e. The molecule has 0 fully saturated rings. The smallest absolute Gasteiger partial charge is 0.407 e. The van der Waals surface area contributed by atoms with Crippen LogP contribution in [0.5, 0.6) is 0 Å². The normalized spacial score (nSPS) is 11.9. The Labute approximate surface area is 160 Å². The molecule has 0 spiro atoms. The average Bonchev–Trinajstić information content (AvgIpc) is 2.78. The van der Waals surface area contributed by atoms with Gasteiger partial charge in [-0.3, -0.25) is 0 Å². The maximum Gasteiger partial charge on any atom is 0.407 e. The van der Waals surface area contributed by atoms with E-state index in [1.807, 2.05) is 45.0 Å². The lowest BCUT2D eigenvalue weighted by molar-refractivity contribution is 0.0526. The van der Waals surface area contributed by atoms with Crippen molar-refractivity contribution in [1.82, 2.24) is 9.88 Å². The molecule has 2 aromatic carbocycles. The van der Waals surface area contributed by atoms with Gasteiger partial charge >= 0.3 is 6.09 Å². The number of hydrogen-bond donors (Lipinski definition) is 1. The van der Waals surface area contributed by atoms with E-state index in [2.05, 4.69) is 37.9 Å². The minimum absolute atomic E-state index is 0.405. The highest BCUT2D eigenvalue weighted by molar-refractivity contribution is 9.10. The van der Waals surface area contributed by atoms with Gasteiger partial charge in [-0.25, -0.2) is 4.79 Å². The van der Waals surface area contributed by atoms with Gasteiger partial charge in [-0.15, -0.1) is 0 Å². The van der Waals surface area contributed by atoms with Crippen LogP contribution in [0.25, 0.3) is 21.8 Å². The standard InChI is InChI=1S/C19H20BrClN2O2/c1-19(2,3)25-18(24)22-8-9-23-16-7-5-13(21)11-15(16)14-6-4-12(20)10-17(14)23/h4-7,10-11H,8-9H2,1-3H3,(H,22,24). The van der Waals surface area contributed by atoms with E-state index in [-0.39, 0.29) is 0 Å². The molecule has 132 valence electrons. The molecule has 1 N–H and O–H groups in total. The first-order chi connectivity index (χ1) is 11.7. The van der Waals surface area contributed by atoms with Crippen molar-refractivity contribution in [3.05, 3.63) is 45.9 Å². The Morgan fingerprint density at radius 3 is 2.64 bits per heavy atom. The number of alkyl carbamates (subject to hydrolysis) is 1. The number of halogens is 2. The third-order valence-electron chi connectivity index (χ3n) is 3.79. The van der Waals surface area contributed by atoms with Crippen LogP contribution in [0.15, 0.2) is 40.9 Å². The molecule has 0 unspecified atom stereocenters. The minimum Gasteiger partial charge on any atom is -0.444 e. The molecule has 1 heterocycles. The lowest BCUT2D eigenvalue weighted by Gasteiger charge is -2.19. The fourth-order valence-electron chi connectivity index (χ4n) is 2.87. The first-order valence-corrected chi connectivity index (χ1v) is 9.25. The van der Waals surface area contributed by atoms with Crippen molar-refractivity contribution in [2.45, 2.75) is 32.9 Å². The van der Waals surface area contributed by atoms with Crippen molar-refractivity contribution in [1.29, 1.82) is 0 Å². The lowest BCUT2D eigenvalue weighted by Crippen LogP contribution is -2.34. The topological polar surface area (TPSA) is 43.3 Å². The third-order valence-corrected chi connectivity index (χ3v) is 4.52. The minimum atomic E-state index is -0.501. The molecule has 0 radical (unpaired) electrons. The Morgan fingerprint density at radius 1 is 1.16 bits per heavy atom. The van der Waals surface area contributed by atoms with E-state index in [0.717, 1.165) is 26.3 Å².